The van der Waals surface area contributed by atoms with Crippen molar-refractivity contribution < 1.29 is 4.52 Å². The van der Waals surface area contributed by atoms with E-state index in [1.54, 1.807) is 11.3 Å². The lowest BCUT2D eigenvalue weighted by Crippen LogP contribution is -2.17. The molecule has 0 atom stereocenters. The normalized spacial score (nSPS) is 14.6. The van der Waals surface area contributed by atoms with Crippen LogP contribution in [0.5, 0.6) is 0 Å². The Kier molecular flexibility index (Phi) is 4.81. The molecule has 0 saturated carbocycles. The van der Waals surface area contributed by atoms with Gasteiger partial charge in [0.25, 0.3) is 0 Å². The summed E-state index contributed by atoms with van der Waals surface area (Å²) in [4.78, 5) is 10.5. The van der Waals surface area contributed by atoms with E-state index in [-0.39, 0.29) is 0 Å². The molecule has 3 aromatic rings. The zero-order valence-corrected chi connectivity index (χ0v) is 15.2. The molecule has 1 aromatic carbocycles. The van der Waals surface area contributed by atoms with Crippen LogP contribution in [0.25, 0.3) is 11.3 Å². The first-order chi connectivity index (χ1) is 12.3. The fraction of sp³-hybridized carbons (Fsp3) is 0.368. The topological polar surface area (TPSA) is 45.4 Å². The molecule has 1 fully saturated rings. The first kappa shape index (κ1) is 16.3. The van der Waals surface area contributed by atoms with Gasteiger partial charge < -0.3 is 9.42 Å². The van der Waals surface area contributed by atoms with E-state index in [1.807, 2.05) is 42.6 Å². The predicted octanol–water partition coefficient (Wildman–Crippen LogP) is 4.03. The van der Waals surface area contributed by atoms with E-state index in [0.717, 1.165) is 48.3 Å². The van der Waals surface area contributed by atoms with E-state index in [1.165, 1.54) is 17.7 Å². The zero-order chi connectivity index (χ0) is 17.1. The molecule has 0 radical (unpaired) electrons. The highest BCUT2D eigenvalue weighted by molar-refractivity contribution is 7.15. The van der Waals surface area contributed by atoms with Crippen molar-refractivity contribution in [3.63, 3.8) is 0 Å². The fourth-order valence-corrected chi connectivity index (χ4v) is 4.19. The van der Waals surface area contributed by atoms with Crippen LogP contribution in [0, 0.1) is 0 Å². The SMILES string of the molecule is CN(Cc1cc(-c2ccccc2)no1)Cc1cnc(N2CCCC2)s1. The minimum Gasteiger partial charge on any atom is -0.359 e. The number of thiazole rings is 1. The van der Waals surface area contributed by atoms with Crippen LogP contribution in [0.3, 0.4) is 0 Å². The molecule has 6 heteroatoms. The van der Waals surface area contributed by atoms with E-state index in [4.69, 9.17) is 4.52 Å². The third-order valence-electron chi connectivity index (χ3n) is 4.40. The Labute approximate surface area is 151 Å². The van der Waals surface area contributed by atoms with E-state index in [9.17, 15) is 0 Å². The highest BCUT2D eigenvalue weighted by Gasteiger charge is 2.16. The number of aromatic nitrogens is 2. The van der Waals surface area contributed by atoms with Gasteiger partial charge in [-0.15, -0.1) is 11.3 Å². The fourth-order valence-electron chi connectivity index (χ4n) is 3.15. The second-order valence-corrected chi connectivity index (χ2v) is 7.61. The van der Waals surface area contributed by atoms with Crippen LogP contribution in [0.4, 0.5) is 5.13 Å². The Bertz CT molecular complexity index is 808. The van der Waals surface area contributed by atoms with Crippen molar-refractivity contribution in [2.24, 2.45) is 0 Å². The average molecular weight is 354 g/mol. The smallest absolute Gasteiger partial charge is 0.185 e. The Balaban J connectivity index is 1.36. The van der Waals surface area contributed by atoms with E-state index in [0.29, 0.717) is 0 Å². The van der Waals surface area contributed by atoms with Crippen LogP contribution in [0.15, 0.2) is 47.1 Å². The van der Waals surface area contributed by atoms with Gasteiger partial charge in [0.2, 0.25) is 0 Å². The maximum Gasteiger partial charge on any atom is 0.185 e. The van der Waals surface area contributed by atoms with Crippen LogP contribution in [-0.2, 0) is 13.1 Å². The number of hydrogen-bond donors (Lipinski definition) is 0. The van der Waals surface area contributed by atoms with Crippen molar-refractivity contribution in [1.29, 1.82) is 0 Å². The predicted molar refractivity (Wildman–Crippen MR) is 101 cm³/mol. The summed E-state index contributed by atoms with van der Waals surface area (Å²) < 4.78 is 5.50. The largest absolute Gasteiger partial charge is 0.359 e. The van der Waals surface area contributed by atoms with Crippen LogP contribution < -0.4 is 4.90 Å². The van der Waals surface area contributed by atoms with Crippen molar-refractivity contribution >= 4 is 16.5 Å². The summed E-state index contributed by atoms with van der Waals surface area (Å²) in [5, 5.41) is 5.34. The van der Waals surface area contributed by atoms with Crippen LogP contribution in [0.1, 0.15) is 23.5 Å². The molecule has 2 aromatic heterocycles. The monoisotopic (exact) mass is 354 g/mol. The lowest BCUT2D eigenvalue weighted by molar-refractivity contribution is 0.268. The molecule has 4 rings (SSSR count). The Morgan fingerprint density at radius 1 is 1.16 bits per heavy atom. The van der Waals surface area contributed by atoms with Gasteiger partial charge in [-0.05, 0) is 19.9 Å². The second kappa shape index (κ2) is 7.37. The summed E-state index contributed by atoms with van der Waals surface area (Å²) in [5.41, 5.74) is 1.97. The molecular weight excluding hydrogens is 332 g/mol. The summed E-state index contributed by atoms with van der Waals surface area (Å²) in [6, 6.07) is 12.1. The average Bonchev–Trinajstić information content (AvgIpc) is 3.37. The summed E-state index contributed by atoms with van der Waals surface area (Å²) in [5.74, 6) is 0.880. The quantitative estimate of drug-likeness (QED) is 0.669. The van der Waals surface area contributed by atoms with Crippen LogP contribution in [-0.4, -0.2) is 35.2 Å². The minimum atomic E-state index is 0.733. The standard InChI is InChI=1S/C19H22N4OS/c1-22(14-17-12-20-19(25-17)23-9-5-6-10-23)13-16-11-18(21-24-16)15-7-3-2-4-8-15/h2-4,7-8,11-12H,5-6,9-10,13-14H2,1H3. The lowest BCUT2D eigenvalue weighted by Gasteiger charge is -2.14. The highest BCUT2D eigenvalue weighted by Crippen LogP contribution is 2.27. The highest BCUT2D eigenvalue weighted by atomic mass is 32.1. The molecule has 1 saturated heterocycles. The molecule has 5 nitrogen and oxygen atoms in total. The van der Waals surface area contributed by atoms with Crippen molar-refractivity contribution in [3.8, 4) is 11.3 Å². The van der Waals surface area contributed by atoms with Crippen LogP contribution >= 0.6 is 11.3 Å². The van der Waals surface area contributed by atoms with Gasteiger partial charge >= 0.3 is 0 Å². The number of hydrogen-bond acceptors (Lipinski definition) is 6. The van der Waals surface area contributed by atoms with Gasteiger partial charge in [-0.3, -0.25) is 4.90 Å². The minimum absolute atomic E-state index is 0.733. The maximum atomic E-state index is 5.50. The first-order valence-electron chi connectivity index (χ1n) is 8.67. The summed E-state index contributed by atoms with van der Waals surface area (Å²) in [7, 11) is 2.10. The van der Waals surface area contributed by atoms with Gasteiger partial charge in [-0.2, -0.15) is 0 Å². The third-order valence-corrected chi connectivity index (χ3v) is 5.44. The second-order valence-electron chi connectivity index (χ2n) is 6.52. The van der Waals surface area contributed by atoms with Gasteiger partial charge in [0, 0.05) is 42.3 Å². The van der Waals surface area contributed by atoms with Crippen molar-refractivity contribution in [1.82, 2.24) is 15.0 Å². The van der Waals surface area contributed by atoms with E-state index in [2.05, 4.69) is 27.0 Å². The van der Waals surface area contributed by atoms with Crippen molar-refractivity contribution in [2.75, 3.05) is 25.0 Å². The third kappa shape index (κ3) is 3.91. The van der Waals surface area contributed by atoms with Crippen molar-refractivity contribution in [3.05, 3.63) is 53.2 Å². The molecule has 0 amide bonds. The molecule has 0 N–H and O–H groups in total. The maximum absolute atomic E-state index is 5.50. The lowest BCUT2D eigenvalue weighted by atomic mass is 10.1. The summed E-state index contributed by atoms with van der Waals surface area (Å²) >= 11 is 1.80. The summed E-state index contributed by atoms with van der Waals surface area (Å²) in [6.07, 6.45) is 4.57. The summed E-state index contributed by atoms with van der Waals surface area (Å²) in [6.45, 7) is 3.88. The van der Waals surface area contributed by atoms with E-state index >= 15 is 0 Å². The Hall–Kier alpha value is -2.18. The molecule has 1 aliphatic rings. The molecule has 0 bridgehead atoms. The molecule has 3 heterocycles. The Morgan fingerprint density at radius 3 is 2.76 bits per heavy atom. The number of benzene rings is 1. The molecular formula is C19H22N4OS. The molecule has 130 valence electrons. The van der Waals surface area contributed by atoms with Gasteiger partial charge in [-0.1, -0.05) is 35.5 Å². The number of anilines is 1. The molecule has 1 aliphatic heterocycles. The number of rotatable bonds is 6. The molecule has 0 aliphatic carbocycles. The van der Waals surface area contributed by atoms with Crippen molar-refractivity contribution in [2.45, 2.75) is 25.9 Å². The molecule has 0 unspecified atom stereocenters. The molecule has 25 heavy (non-hydrogen) atoms. The van der Waals surface area contributed by atoms with Crippen LogP contribution in [0.2, 0.25) is 0 Å². The van der Waals surface area contributed by atoms with Gasteiger partial charge in [0.1, 0.15) is 5.69 Å². The zero-order valence-electron chi connectivity index (χ0n) is 14.4. The molecule has 0 spiro atoms. The van der Waals surface area contributed by atoms with Gasteiger partial charge in [0.05, 0.1) is 6.54 Å². The van der Waals surface area contributed by atoms with E-state index < -0.39 is 0 Å². The first-order valence-corrected chi connectivity index (χ1v) is 9.49. The Morgan fingerprint density at radius 2 is 1.96 bits per heavy atom. The van der Waals surface area contributed by atoms with Gasteiger partial charge in [0.15, 0.2) is 10.9 Å². The van der Waals surface area contributed by atoms with Gasteiger partial charge in [-0.25, -0.2) is 4.98 Å². The number of nitrogens with zero attached hydrogens (tertiary/aromatic N) is 4.